The zero-order valence-electron chi connectivity index (χ0n) is 10.5. The Kier molecular flexibility index (Phi) is 4.45. The summed E-state index contributed by atoms with van der Waals surface area (Å²) in [5.41, 5.74) is 0. The minimum absolute atomic E-state index is 0.0940. The predicted octanol–water partition coefficient (Wildman–Crippen LogP) is 3.40. The minimum Gasteiger partial charge on any atom is -0.207 e. The average molecular weight is 332 g/mol. The third kappa shape index (κ3) is 2.95. The maximum absolute atomic E-state index is 12.6. The van der Waals surface area contributed by atoms with E-state index in [-0.39, 0.29) is 6.04 Å². The smallest absolute Gasteiger partial charge is 0.207 e. The zero-order valence-corrected chi connectivity index (χ0v) is 12.9. The Labute approximate surface area is 117 Å². The second kappa shape index (κ2) is 5.72. The van der Waals surface area contributed by atoms with Crippen LogP contribution in [0.1, 0.15) is 32.6 Å². The molecule has 100 valence electrons. The molecule has 1 aliphatic heterocycles. The molecule has 1 aromatic rings. The average Bonchev–Trinajstić information content (AvgIpc) is 2.54. The topological polar surface area (TPSA) is 37.4 Å². The van der Waals surface area contributed by atoms with Gasteiger partial charge in [-0.1, -0.05) is 34.8 Å². The SMILES string of the molecule is CC1CCCCCN1S(=O)(=O)c1cccc(Br)c1. The van der Waals surface area contributed by atoms with Gasteiger partial charge in [-0.3, -0.25) is 0 Å². The van der Waals surface area contributed by atoms with E-state index >= 15 is 0 Å². The normalized spacial score (nSPS) is 22.7. The molecule has 1 aliphatic rings. The van der Waals surface area contributed by atoms with Crippen LogP contribution in [0.15, 0.2) is 33.6 Å². The van der Waals surface area contributed by atoms with Crippen LogP contribution >= 0.6 is 15.9 Å². The van der Waals surface area contributed by atoms with Gasteiger partial charge in [0, 0.05) is 17.1 Å². The van der Waals surface area contributed by atoms with Crippen molar-refractivity contribution in [3.63, 3.8) is 0 Å². The van der Waals surface area contributed by atoms with E-state index in [4.69, 9.17) is 0 Å². The monoisotopic (exact) mass is 331 g/mol. The molecule has 3 nitrogen and oxygen atoms in total. The third-order valence-corrected chi connectivity index (χ3v) is 5.90. The van der Waals surface area contributed by atoms with Crippen LogP contribution in [0, 0.1) is 0 Å². The lowest BCUT2D eigenvalue weighted by Gasteiger charge is -2.26. The number of sulfonamides is 1. The Bertz CT molecular complexity index is 515. The second-order valence-electron chi connectivity index (χ2n) is 4.77. The molecule has 0 radical (unpaired) electrons. The van der Waals surface area contributed by atoms with Crippen molar-refractivity contribution in [1.82, 2.24) is 4.31 Å². The molecule has 18 heavy (non-hydrogen) atoms. The van der Waals surface area contributed by atoms with Crippen molar-refractivity contribution >= 4 is 26.0 Å². The van der Waals surface area contributed by atoms with E-state index in [1.165, 1.54) is 0 Å². The molecule has 0 saturated carbocycles. The molecule has 0 amide bonds. The van der Waals surface area contributed by atoms with Crippen molar-refractivity contribution in [2.45, 2.75) is 43.5 Å². The lowest BCUT2D eigenvalue weighted by molar-refractivity contribution is 0.342. The molecule has 5 heteroatoms. The van der Waals surface area contributed by atoms with Crippen LogP contribution in [-0.2, 0) is 10.0 Å². The highest BCUT2D eigenvalue weighted by molar-refractivity contribution is 9.10. The van der Waals surface area contributed by atoms with Gasteiger partial charge in [-0.05, 0) is 38.0 Å². The quantitative estimate of drug-likeness (QED) is 0.832. The molecule has 0 aromatic heterocycles. The van der Waals surface area contributed by atoms with E-state index in [0.717, 1.165) is 30.2 Å². The maximum Gasteiger partial charge on any atom is 0.243 e. The van der Waals surface area contributed by atoms with E-state index < -0.39 is 10.0 Å². The molecular weight excluding hydrogens is 314 g/mol. The van der Waals surface area contributed by atoms with Crippen LogP contribution in [0.5, 0.6) is 0 Å². The first-order chi connectivity index (χ1) is 8.51. The van der Waals surface area contributed by atoms with E-state index in [1.54, 1.807) is 22.5 Å². The number of halogens is 1. The van der Waals surface area contributed by atoms with Gasteiger partial charge >= 0.3 is 0 Å². The number of nitrogens with zero attached hydrogens (tertiary/aromatic N) is 1. The van der Waals surface area contributed by atoms with Gasteiger partial charge in [0.2, 0.25) is 10.0 Å². The van der Waals surface area contributed by atoms with Crippen molar-refractivity contribution in [3.8, 4) is 0 Å². The van der Waals surface area contributed by atoms with E-state index in [2.05, 4.69) is 15.9 Å². The molecular formula is C13H18BrNO2S. The summed E-state index contributed by atoms with van der Waals surface area (Å²) < 4.78 is 27.7. The van der Waals surface area contributed by atoms with Crippen molar-refractivity contribution in [3.05, 3.63) is 28.7 Å². The number of hydrogen-bond donors (Lipinski definition) is 0. The van der Waals surface area contributed by atoms with Gasteiger partial charge in [0.05, 0.1) is 4.90 Å². The van der Waals surface area contributed by atoms with Crippen LogP contribution in [-0.4, -0.2) is 25.3 Å². The molecule has 1 heterocycles. The van der Waals surface area contributed by atoms with E-state index in [0.29, 0.717) is 11.4 Å². The summed E-state index contributed by atoms with van der Waals surface area (Å²) in [5, 5.41) is 0. The van der Waals surface area contributed by atoms with Crippen molar-refractivity contribution in [1.29, 1.82) is 0 Å². The number of benzene rings is 1. The number of hydrogen-bond acceptors (Lipinski definition) is 2. The molecule has 2 rings (SSSR count). The minimum atomic E-state index is -3.35. The maximum atomic E-state index is 12.6. The van der Waals surface area contributed by atoms with Gasteiger partial charge in [0.15, 0.2) is 0 Å². The summed E-state index contributed by atoms with van der Waals surface area (Å²) in [5.74, 6) is 0. The fourth-order valence-corrected chi connectivity index (χ4v) is 4.67. The summed E-state index contributed by atoms with van der Waals surface area (Å²) in [6, 6.07) is 7.03. The van der Waals surface area contributed by atoms with Gasteiger partial charge in [-0.15, -0.1) is 0 Å². The van der Waals surface area contributed by atoms with E-state index in [9.17, 15) is 8.42 Å². The second-order valence-corrected chi connectivity index (χ2v) is 7.58. The highest BCUT2D eigenvalue weighted by Gasteiger charge is 2.29. The largest absolute Gasteiger partial charge is 0.243 e. The van der Waals surface area contributed by atoms with Crippen molar-refractivity contribution in [2.75, 3.05) is 6.54 Å². The summed E-state index contributed by atoms with van der Waals surface area (Å²) >= 11 is 3.33. The lowest BCUT2D eigenvalue weighted by Crippen LogP contribution is -2.38. The van der Waals surface area contributed by atoms with Gasteiger partial charge in [0.25, 0.3) is 0 Å². The standard InChI is InChI=1S/C13H18BrNO2S/c1-11-6-3-2-4-9-15(11)18(16,17)13-8-5-7-12(14)10-13/h5,7-8,10-11H,2-4,6,9H2,1H3. The molecule has 1 saturated heterocycles. The van der Waals surface area contributed by atoms with Gasteiger partial charge in [-0.2, -0.15) is 4.31 Å². The first-order valence-corrected chi connectivity index (χ1v) is 8.52. The fraction of sp³-hybridized carbons (Fsp3) is 0.538. The molecule has 1 unspecified atom stereocenters. The van der Waals surface area contributed by atoms with Crippen molar-refractivity contribution in [2.24, 2.45) is 0 Å². The molecule has 1 atom stereocenters. The Morgan fingerprint density at radius 2 is 2.06 bits per heavy atom. The summed E-state index contributed by atoms with van der Waals surface area (Å²) in [6.07, 6.45) is 4.14. The Morgan fingerprint density at radius 1 is 1.28 bits per heavy atom. The molecule has 0 spiro atoms. The summed E-state index contributed by atoms with van der Waals surface area (Å²) in [7, 11) is -3.35. The first kappa shape index (κ1) is 14.0. The highest BCUT2D eigenvalue weighted by atomic mass is 79.9. The van der Waals surface area contributed by atoms with Crippen LogP contribution in [0.25, 0.3) is 0 Å². The van der Waals surface area contributed by atoms with E-state index in [1.807, 2.05) is 13.0 Å². The number of rotatable bonds is 2. The first-order valence-electron chi connectivity index (χ1n) is 6.29. The predicted molar refractivity (Wildman–Crippen MR) is 76.0 cm³/mol. The molecule has 0 aliphatic carbocycles. The Morgan fingerprint density at radius 3 is 2.78 bits per heavy atom. The fourth-order valence-electron chi connectivity index (χ4n) is 2.37. The van der Waals surface area contributed by atoms with Gasteiger partial charge in [-0.25, -0.2) is 8.42 Å². The molecule has 1 fully saturated rings. The van der Waals surface area contributed by atoms with Crippen LogP contribution in [0.4, 0.5) is 0 Å². The summed E-state index contributed by atoms with van der Waals surface area (Å²) in [6.45, 7) is 2.64. The van der Waals surface area contributed by atoms with Gasteiger partial charge < -0.3 is 0 Å². The van der Waals surface area contributed by atoms with Gasteiger partial charge in [0.1, 0.15) is 0 Å². The van der Waals surface area contributed by atoms with Crippen LogP contribution in [0.2, 0.25) is 0 Å². The molecule has 0 bridgehead atoms. The third-order valence-electron chi connectivity index (χ3n) is 3.39. The summed E-state index contributed by atoms with van der Waals surface area (Å²) in [4.78, 5) is 0.380. The lowest BCUT2D eigenvalue weighted by atomic mass is 10.1. The Hall–Kier alpha value is -0.390. The molecule has 1 aromatic carbocycles. The van der Waals surface area contributed by atoms with Crippen LogP contribution in [0.3, 0.4) is 0 Å². The zero-order chi connectivity index (χ0) is 13.2. The van der Waals surface area contributed by atoms with Crippen molar-refractivity contribution < 1.29 is 8.42 Å². The Balaban J connectivity index is 2.35. The molecule has 0 N–H and O–H groups in total. The van der Waals surface area contributed by atoms with Crippen LogP contribution < -0.4 is 0 Å². The highest BCUT2D eigenvalue weighted by Crippen LogP contribution is 2.25.